The van der Waals surface area contributed by atoms with Crippen molar-refractivity contribution < 1.29 is 4.79 Å². The van der Waals surface area contributed by atoms with Gasteiger partial charge in [-0.05, 0) is 25.7 Å². The molecule has 0 N–H and O–H groups in total. The molecule has 1 heterocycles. The van der Waals surface area contributed by atoms with E-state index in [-0.39, 0.29) is 0 Å². The van der Waals surface area contributed by atoms with Crippen molar-refractivity contribution in [2.75, 3.05) is 13.1 Å². The molecule has 2 fully saturated rings. The monoisotopic (exact) mass is 209 g/mol. The molecule has 1 aliphatic carbocycles. The Morgan fingerprint density at radius 2 is 2.00 bits per heavy atom. The standard InChI is InChI=1S/C13H23NO/c1-11-9-13(15)7-8-14(11)10-12-5-3-2-4-6-12/h11-12H,2-10H2,1H3. The van der Waals surface area contributed by atoms with E-state index in [0.29, 0.717) is 11.8 Å². The maximum Gasteiger partial charge on any atom is 0.135 e. The van der Waals surface area contributed by atoms with Crippen LogP contribution in [0, 0.1) is 5.92 Å². The van der Waals surface area contributed by atoms with Gasteiger partial charge in [-0.3, -0.25) is 9.69 Å². The van der Waals surface area contributed by atoms with Gasteiger partial charge in [0.2, 0.25) is 0 Å². The summed E-state index contributed by atoms with van der Waals surface area (Å²) in [6.07, 6.45) is 8.68. The summed E-state index contributed by atoms with van der Waals surface area (Å²) in [6, 6.07) is 0.494. The summed E-state index contributed by atoms with van der Waals surface area (Å²) in [4.78, 5) is 13.8. The highest BCUT2D eigenvalue weighted by molar-refractivity contribution is 5.79. The normalized spacial score (nSPS) is 30.7. The summed E-state index contributed by atoms with van der Waals surface area (Å²) >= 11 is 0. The number of likely N-dealkylation sites (tertiary alicyclic amines) is 1. The molecule has 2 heteroatoms. The fourth-order valence-electron chi connectivity index (χ4n) is 3.02. The molecule has 0 aromatic carbocycles. The van der Waals surface area contributed by atoms with Crippen LogP contribution in [0.3, 0.4) is 0 Å². The van der Waals surface area contributed by atoms with E-state index in [2.05, 4.69) is 11.8 Å². The van der Waals surface area contributed by atoms with Crippen LogP contribution in [0.15, 0.2) is 0 Å². The van der Waals surface area contributed by atoms with Gasteiger partial charge in [0.1, 0.15) is 5.78 Å². The molecule has 1 saturated carbocycles. The summed E-state index contributed by atoms with van der Waals surface area (Å²) < 4.78 is 0. The Morgan fingerprint density at radius 3 is 2.67 bits per heavy atom. The Hall–Kier alpha value is -0.370. The molecule has 1 unspecified atom stereocenters. The average Bonchev–Trinajstić information content (AvgIpc) is 2.24. The molecule has 0 aromatic heterocycles. The van der Waals surface area contributed by atoms with Gasteiger partial charge in [0.15, 0.2) is 0 Å². The fourth-order valence-corrected chi connectivity index (χ4v) is 3.02. The summed E-state index contributed by atoms with van der Waals surface area (Å²) in [5, 5.41) is 0. The van der Waals surface area contributed by atoms with E-state index in [9.17, 15) is 4.79 Å². The van der Waals surface area contributed by atoms with E-state index in [1.807, 2.05) is 0 Å². The molecule has 15 heavy (non-hydrogen) atoms. The Bertz CT molecular complexity index is 221. The number of Topliss-reactive ketones (excluding diaryl/α,β-unsaturated/α-hetero) is 1. The first kappa shape index (κ1) is 11.1. The van der Waals surface area contributed by atoms with Crippen LogP contribution in [-0.2, 0) is 4.79 Å². The van der Waals surface area contributed by atoms with Crippen molar-refractivity contribution in [2.24, 2.45) is 5.92 Å². The van der Waals surface area contributed by atoms with E-state index in [0.717, 1.165) is 25.3 Å². The second-order valence-corrected chi connectivity index (χ2v) is 5.34. The Labute approximate surface area is 93.0 Å². The predicted octanol–water partition coefficient (Wildman–Crippen LogP) is 2.62. The summed E-state index contributed by atoms with van der Waals surface area (Å²) in [6.45, 7) is 4.46. The van der Waals surface area contributed by atoms with Crippen LogP contribution in [0.2, 0.25) is 0 Å². The summed E-state index contributed by atoms with van der Waals surface area (Å²) in [7, 11) is 0. The first-order valence-electron chi connectivity index (χ1n) is 6.51. The second-order valence-electron chi connectivity index (χ2n) is 5.34. The molecule has 2 aliphatic rings. The SMILES string of the molecule is CC1CC(=O)CCN1CC1CCCCC1. The van der Waals surface area contributed by atoms with Crippen molar-refractivity contribution in [1.29, 1.82) is 0 Å². The van der Waals surface area contributed by atoms with Gasteiger partial charge < -0.3 is 0 Å². The molecule has 86 valence electrons. The molecule has 2 nitrogen and oxygen atoms in total. The van der Waals surface area contributed by atoms with Crippen LogP contribution in [0.1, 0.15) is 51.9 Å². The molecule has 0 bridgehead atoms. The smallest absolute Gasteiger partial charge is 0.135 e. The Balaban J connectivity index is 1.80. The van der Waals surface area contributed by atoms with Crippen molar-refractivity contribution >= 4 is 5.78 Å². The first-order chi connectivity index (χ1) is 7.25. The van der Waals surface area contributed by atoms with Crippen LogP contribution >= 0.6 is 0 Å². The van der Waals surface area contributed by atoms with Gasteiger partial charge in [0, 0.05) is 32.0 Å². The molecule has 1 aliphatic heterocycles. The van der Waals surface area contributed by atoms with Crippen LogP contribution in [0.4, 0.5) is 0 Å². The van der Waals surface area contributed by atoms with Gasteiger partial charge in [0.25, 0.3) is 0 Å². The van der Waals surface area contributed by atoms with E-state index < -0.39 is 0 Å². The first-order valence-corrected chi connectivity index (χ1v) is 6.51. The van der Waals surface area contributed by atoms with Gasteiger partial charge >= 0.3 is 0 Å². The van der Waals surface area contributed by atoms with Crippen molar-refractivity contribution in [2.45, 2.75) is 57.9 Å². The third-order valence-corrected chi connectivity index (χ3v) is 4.04. The maximum atomic E-state index is 11.3. The van der Waals surface area contributed by atoms with E-state index in [1.165, 1.54) is 38.6 Å². The van der Waals surface area contributed by atoms with E-state index in [4.69, 9.17) is 0 Å². The molecule has 0 spiro atoms. The highest BCUT2D eigenvalue weighted by Crippen LogP contribution is 2.26. The average molecular weight is 209 g/mol. The van der Waals surface area contributed by atoms with Crippen molar-refractivity contribution in [1.82, 2.24) is 4.90 Å². The summed E-state index contributed by atoms with van der Waals surface area (Å²) in [5.41, 5.74) is 0. The minimum atomic E-state index is 0.461. The maximum absolute atomic E-state index is 11.3. The highest BCUT2D eigenvalue weighted by Gasteiger charge is 2.26. The molecule has 1 atom stereocenters. The molecule has 0 aromatic rings. The van der Waals surface area contributed by atoms with Crippen LogP contribution < -0.4 is 0 Å². The number of ketones is 1. The molecular formula is C13H23NO. The molecule has 2 rings (SSSR count). The lowest BCUT2D eigenvalue weighted by molar-refractivity contribution is -0.123. The van der Waals surface area contributed by atoms with Crippen molar-refractivity contribution in [3.63, 3.8) is 0 Å². The van der Waals surface area contributed by atoms with Crippen molar-refractivity contribution in [3.05, 3.63) is 0 Å². The number of carbonyl (C=O) groups is 1. The zero-order chi connectivity index (χ0) is 10.7. The molecule has 0 amide bonds. The highest BCUT2D eigenvalue weighted by atomic mass is 16.1. The minimum absolute atomic E-state index is 0.461. The van der Waals surface area contributed by atoms with E-state index in [1.54, 1.807) is 0 Å². The lowest BCUT2D eigenvalue weighted by Crippen LogP contribution is -2.43. The summed E-state index contributed by atoms with van der Waals surface area (Å²) in [5.74, 6) is 1.37. The number of hydrogen-bond donors (Lipinski definition) is 0. The van der Waals surface area contributed by atoms with Gasteiger partial charge in [-0.2, -0.15) is 0 Å². The quantitative estimate of drug-likeness (QED) is 0.697. The lowest BCUT2D eigenvalue weighted by Gasteiger charge is -2.36. The molecule has 0 radical (unpaired) electrons. The second kappa shape index (κ2) is 5.11. The topological polar surface area (TPSA) is 20.3 Å². The van der Waals surface area contributed by atoms with Crippen molar-refractivity contribution in [3.8, 4) is 0 Å². The van der Waals surface area contributed by atoms with Crippen LogP contribution in [-0.4, -0.2) is 29.8 Å². The van der Waals surface area contributed by atoms with E-state index >= 15 is 0 Å². The number of piperidine rings is 1. The molecular weight excluding hydrogens is 186 g/mol. The van der Waals surface area contributed by atoms with Gasteiger partial charge in [-0.25, -0.2) is 0 Å². The zero-order valence-electron chi connectivity index (χ0n) is 9.87. The third kappa shape index (κ3) is 3.04. The number of nitrogens with zero attached hydrogens (tertiary/aromatic N) is 1. The van der Waals surface area contributed by atoms with Gasteiger partial charge in [-0.15, -0.1) is 0 Å². The lowest BCUT2D eigenvalue weighted by atomic mass is 9.88. The van der Waals surface area contributed by atoms with Crippen LogP contribution in [0.5, 0.6) is 0 Å². The van der Waals surface area contributed by atoms with Gasteiger partial charge in [-0.1, -0.05) is 19.3 Å². The Kier molecular flexibility index (Phi) is 3.79. The number of carbonyl (C=O) groups excluding carboxylic acids is 1. The number of rotatable bonds is 2. The largest absolute Gasteiger partial charge is 0.300 e. The fraction of sp³-hybridized carbons (Fsp3) is 0.923. The molecule has 1 saturated heterocycles. The zero-order valence-corrected chi connectivity index (χ0v) is 9.87. The minimum Gasteiger partial charge on any atom is -0.300 e. The number of hydrogen-bond acceptors (Lipinski definition) is 2. The van der Waals surface area contributed by atoms with Gasteiger partial charge in [0.05, 0.1) is 0 Å². The predicted molar refractivity (Wildman–Crippen MR) is 61.9 cm³/mol. The third-order valence-electron chi connectivity index (χ3n) is 4.04. The Morgan fingerprint density at radius 1 is 1.27 bits per heavy atom. The van der Waals surface area contributed by atoms with Crippen LogP contribution in [0.25, 0.3) is 0 Å².